The molecule has 3 aromatic heterocycles. The number of furan rings is 1. The zero-order valence-electron chi connectivity index (χ0n) is 22.4. The molecule has 0 bridgehead atoms. The topological polar surface area (TPSA) is 128 Å². The molecule has 10 nitrogen and oxygen atoms in total. The van der Waals surface area contributed by atoms with E-state index in [1.807, 2.05) is 0 Å². The molecule has 0 saturated heterocycles. The second-order valence-corrected chi connectivity index (χ2v) is 11.7. The maximum Gasteiger partial charge on any atom is 0.341 e. The van der Waals surface area contributed by atoms with Gasteiger partial charge in [0.1, 0.15) is 10.8 Å². The van der Waals surface area contributed by atoms with Crippen molar-refractivity contribution >= 4 is 45.9 Å². The molecule has 2 N–H and O–H groups in total. The van der Waals surface area contributed by atoms with Crippen LogP contribution in [0.5, 0.6) is 0 Å². The van der Waals surface area contributed by atoms with Crippen LogP contribution < -0.4 is 10.6 Å². The number of amides is 2. The second kappa shape index (κ2) is 12.7. The van der Waals surface area contributed by atoms with Gasteiger partial charge >= 0.3 is 5.97 Å². The fraction of sp³-hybridized carbons (Fsp3) is 0.321. The van der Waals surface area contributed by atoms with Crippen molar-refractivity contribution in [3.8, 4) is 5.69 Å². The SMILES string of the molecule is CCOC(=O)c1c(NC(=O)C(C)Sc2nnc(CNC(=O)c3ccco3)n2-c2ccc(F)cc2)sc2c1CCCC2. The van der Waals surface area contributed by atoms with Crippen LogP contribution in [0.3, 0.4) is 0 Å². The van der Waals surface area contributed by atoms with E-state index in [0.717, 1.165) is 47.9 Å². The number of hydrogen-bond acceptors (Lipinski definition) is 9. The summed E-state index contributed by atoms with van der Waals surface area (Å²) in [7, 11) is 0. The van der Waals surface area contributed by atoms with E-state index < -0.39 is 22.9 Å². The smallest absolute Gasteiger partial charge is 0.341 e. The third-order valence-corrected chi connectivity index (χ3v) is 8.73. The molecule has 4 aromatic rings. The molecule has 2 amide bonds. The molecule has 5 rings (SSSR count). The predicted octanol–water partition coefficient (Wildman–Crippen LogP) is 5.17. The van der Waals surface area contributed by atoms with Crippen molar-refractivity contribution in [3.63, 3.8) is 0 Å². The Morgan fingerprint density at radius 3 is 2.68 bits per heavy atom. The number of esters is 1. The van der Waals surface area contributed by atoms with E-state index in [2.05, 4.69) is 20.8 Å². The lowest BCUT2D eigenvalue weighted by molar-refractivity contribution is -0.115. The lowest BCUT2D eigenvalue weighted by Crippen LogP contribution is -2.25. The maximum absolute atomic E-state index is 13.7. The van der Waals surface area contributed by atoms with Gasteiger partial charge in [0.15, 0.2) is 16.7 Å². The molecule has 41 heavy (non-hydrogen) atoms. The molecule has 1 aromatic carbocycles. The van der Waals surface area contributed by atoms with Gasteiger partial charge in [-0.15, -0.1) is 21.5 Å². The maximum atomic E-state index is 13.7. The number of thioether (sulfide) groups is 1. The van der Waals surface area contributed by atoms with E-state index in [0.29, 0.717) is 27.2 Å². The molecule has 1 aliphatic carbocycles. The largest absolute Gasteiger partial charge is 0.462 e. The van der Waals surface area contributed by atoms with Crippen LogP contribution in [-0.4, -0.2) is 44.4 Å². The summed E-state index contributed by atoms with van der Waals surface area (Å²) in [4.78, 5) is 39.7. The standard InChI is InChI=1S/C28H28FN5O5S2/c1-3-38-27(37)23-19-7-4-5-9-21(19)41-26(23)31-24(35)16(2)40-28-33-32-22(15-30-25(36)20-8-6-14-39-20)34(28)18-12-10-17(29)11-13-18/h6,8,10-14,16H,3-5,7,9,15H2,1-2H3,(H,30,36)(H,31,35). The molecule has 214 valence electrons. The van der Waals surface area contributed by atoms with Crippen molar-refractivity contribution in [2.75, 3.05) is 11.9 Å². The summed E-state index contributed by atoms with van der Waals surface area (Å²) >= 11 is 2.57. The lowest BCUT2D eigenvalue weighted by Gasteiger charge is -2.15. The van der Waals surface area contributed by atoms with Crippen LogP contribution in [0.15, 0.2) is 52.2 Å². The van der Waals surface area contributed by atoms with Gasteiger partial charge in [0, 0.05) is 10.6 Å². The number of nitrogens with one attached hydrogen (secondary N) is 2. The van der Waals surface area contributed by atoms with Gasteiger partial charge in [-0.25, -0.2) is 9.18 Å². The fourth-order valence-corrected chi connectivity index (χ4v) is 6.66. The number of aromatic nitrogens is 3. The third kappa shape index (κ3) is 6.35. The fourth-order valence-electron chi connectivity index (χ4n) is 4.49. The minimum atomic E-state index is -0.641. The van der Waals surface area contributed by atoms with Gasteiger partial charge in [-0.1, -0.05) is 11.8 Å². The number of carbonyl (C=O) groups is 3. The Kier molecular flexibility index (Phi) is 8.84. The summed E-state index contributed by atoms with van der Waals surface area (Å²) in [5.41, 5.74) is 1.97. The quantitative estimate of drug-likeness (QED) is 0.189. The molecule has 0 aliphatic heterocycles. The van der Waals surface area contributed by atoms with E-state index >= 15 is 0 Å². The first-order chi connectivity index (χ1) is 19.9. The van der Waals surface area contributed by atoms with Crippen LogP contribution in [0.4, 0.5) is 9.39 Å². The van der Waals surface area contributed by atoms with Crippen molar-refractivity contribution in [1.29, 1.82) is 0 Å². The minimum absolute atomic E-state index is 0.00863. The number of aryl methyl sites for hydroxylation is 1. The first-order valence-corrected chi connectivity index (χ1v) is 14.9. The van der Waals surface area contributed by atoms with E-state index in [1.165, 1.54) is 29.7 Å². The van der Waals surface area contributed by atoms with Crippen LogP contribution in [0.1, 0.15) is 63.9 Å². The number of fused-ring (bicyclic) bond motifs is 1. The molecule has 13 heteroatoms. The summed E-state index contributed by atoms with van der Waals surface area (Å²) in [6, 6.07) is 8.89. The summed E-state index contributed by atoms with van der Waals surface area (Å²) in [6.07, 6.45) is 5.07. The van der Waals surface area contributed by atoms with Crippen LogP contribution >= 0.6 is 23.1 Å². The molecule has 0 spiro atoms. The average Bonchev–Trinajstić information content (AvgIpc) is 3.71. The van der Waals surface area contributed by atoms with Gasteiger partial charge in [0.05, 0.1) is 30.2 Å². The zero-order valence-corrected chi connectivity index (χ0v) is 24.1. The number of ether oxygens (including phenoxy) is 1. The highest BCUT2D eigenvalue weighted by atomic mass is 32.2. The van der Waals surface area contributed by atoms with E-state index in [1.54, 1.807) is 42.7 Å². The molecule has 1 unspecified atom stereocenters. The number of rotatable bonds is 10. The summed E-state index contributed by atoms with van der Waals surface area (Å²) in [5, 5.41) is 14.4. The molecular formula is C28H28FN5O5S2. The van der Waals surface area contributed by atoms with Gasteiger partial charge in [-0.3, -0.25) is 14.2 Å². The first kappa shape index (κ1) is 28.6. The van der Waals surface area contributed by atoms with Gasteiger partial charge in [-0.2, -0.15) is 0 Å². The Bertz CT molecular complexity index is 1550. The number of halogens is 1. The van der Waals surface area contributed by atoms with Gasteiger partial charge in [0.25, 0.3) is 5.91 Å². The predicted molar refractivity (Wildman–Crippen MR) is 152 cm³/mol. The number of benzene rings is 1. The van der Waals surface area contributed by atoms with Crippen molar-refractivity contribution < 1.29 is 27.9 Å². The lowest BCUT2D eigenvalue weighted by atomic mass is 9.95. The van der Waals surface area contributed by atoms with Gasteiger partial charge < -0.3 is 19.8 Å². The molecule has 1 aliphatic rings. The van der Waals surface area contributed by atoms with Gasteiger partial charge in [-0.05, 0) is 81.5 Å². The molecule has 0 fully saturated rings. The highest BCUT2D eigenvalue weighted by Crippen LogP contribution is 2.39. The van der Waals surface area contributed by atoms with Crippen molar-refractivity contribution in [1.82, 2.24) is 20.1 Å². The highest BCUT2D eigenvalue weighted by Gasteiger charge is 2.29. The number of hydrogen-bond donors (Lipinski definition) is 2. The minimum Gasteiger partial charge on any atom is -0.462 e. The Balaban J connectivity index is 1.36. The summed E-state index contributed by atoms with van der Waals surface area (Å²) in [6.45, 7) is 3.72. The number of anilines is 1. The van der Waals surface area contributed by atoms with Crippen LogP contribution in [0.25, 0.3) is 5.69 Å². The van der Waals surface area contributed by atoms with E-state index in [-0.39, 0.29) is 24.8 Å². The van der Waals surface area contributed by atoms with Crippen molar-refractivity contribution in [3.05, 3.63) is 76.1 Å². The normalized spacial score (nSPS) is 13.3. The summed E-state index contributed by atoms with van der Waals surface area (Å²) < 4.78 is 25.8. The number of thiophene rings is 1. The molecule has 0 saturated carbocycles. The third-order valence-electron chi connectivity index (χ3n) is 6.48. The molecule has 0 radical (unpaired) electrons. The van der Waals surface area contributed by atoms with Crippen LogP contribution in [0, 0.1) is 5.82 Å². The molecule has 1 atom stereocenters. The Labute approximate surface area is 243 Å². The Morgan fingerprint density at radius 1 is 1.17 bits per heavy atom. The highest BCUT2D eigenvalue weighted by molar-refractivity contribution is 8.00. The number of carbonyl (C=O) groups excluding carboxylic acids is 3. The van der Waals surface area contributed by atoms with Gasteiger partial charge in [0.2, 0.25) is 5.91 Å². The van der Waals surface area contributed by atoms with E-state index in [9.17, 15) is 18.8 Å². The zero-order chi connectivity index (χ0) is 28.9. The van der Waals surface area contributed by atoms with Crippen LogP contribution in [-0.2, 0) is 28.9 Å². The van der Waals surface area contributed by atoms with E-state index in [4.69, 9.17) is 9.15 Å². The monoisotopic (exact) mass is 597 g/mol. The Hall–Kier alpha value is -3.97. The Morgan fingerprint density at radius 2 is 1.95 bits per heavy atom. The summed E-state index contributed by atoms with van der Waals surface area (Å²) in [5.74, 6) is -1.06. The molecular weight excluding hydrogens is 569 g/mol. The molecule has 3 heterocycles. The first-order valence-electron chi connectivity index (χ1n) is 13.2. The van der Waals surface area contributed by atoms with Crippen molar-refractivity contribution in [2.45, 2.75) is 56.5 Å². The second-order valence-electron chi connectivity index (χ2n) is 9.26. The van der Waals surface area contributed by atoms with Crippen molar-refractivity contribution in [2.24, 2.45) is 0 Å². The number of nitrogens with zero attached hydrogens (tertiary/aromatic N) is 3. The average molecular weight is 598 g/mol. The van der Waals surface area contributed by atoms with Crippen LogP contribution in [0.2, 0.25) is 0 Å².